The molecule has 1 aromatic carbocycles. The number of aliphatic hydroxyl groups excluding tert-OH is 1. The molecule has 0 spiro atoms. The van der Waals surface area contributed by atoms with Gasteiger partial charge in [0.25, 0.3) is 5.91 Å². The number of aliphatic hydroxyl groups is 2. The van der Waals surface area contributed by atoms with Gasteiger partial charge in [0.05, 0.1) is 0 Å². The number of amides is 1. The van der Waals surface area contributed by atoms with Crippen molar-refractivity contribution in [2.45, 2.75) is 44.8 Å². The molecule has 1 aromatic rings. The van der Waals surface area contributed by atoms with Crippen LogP contribution in [0.3, 0.4) is 0 Å². The number of likely N-dealkylation sites (tertiary alicyclic amines) is 2. The van der Waals surface area contributed by atoms with E-state index in [4.69, 9.17) is 0 Å². The molecule has 3 rings (SSSR count). The standard InChI is InChI=1S/C20H30N2O3/c1-16-4-2-5-18(12-16)13-22-9-3-8-20(25,19(22)24)15-21-10-6-17(14-23)7-11-21/h2,4-5,12,17,23,25H,3,6-11,13-15H2,1H3/t20-/m1/s1. The second-order valence-electron chi connectivity index (χ2n) is 7.75. The van der Waals surface area contributed by atoms with Crippen molar-refractivity contribution in [2.24, 2.45) is 5.92 Å². The summed E-state index contributed by atoms with van der Waals surface area (Å²) < 4.78 is 0. The number of rotatable bonds is 5. The predicted molar refractivity (Wildman–Crippen MR) is 97.0 cm³/mol. The molecule has 2 saturated heterocycles. The highest BCUT2D eigenvalue weighted by Crippen LogP contribution is 2.27. The number of β-amino-alcohol motifs (C(OH)–C–C–N with tert-alkyl or cyclic N) is 1. The smallest absolute Gasteiger partial charge is 0.256 e. The van der Waals surface area contributed by atoms with Crippen LogP contribution >= 0.6 is 0 Å². The van der Waals surface area contributed by atoms with Gasteiger partial charge in [0.15, 0.2) is 5.60 Å². The van der Waals surface area contributed by atoms with Crippen LogP contribution in [0.4, 0.5) is 0 Å². The van der Waals surface area contributed by atoms with E-state index in [9.17, 15) is 15.0 Å². The lowest BCUT2D eigenvalue weighted by Gasteiger charge is -2.42. The van der Waals surface area contributed by atoms with Crippen molar-refractivity contribution in [3.8, 4) is 0 Å². The van der Waals surface area contributed by atoms with Crippen LogP contribution in [0.15, 0.2) is 24.3 Å². The number of benzene rings is 1. The minimum Gasteiger partial charge on any atom is -0.396 e. The van der Waals surface area contributed by atoms with Crippen LogP contribution in [0, 0.1) is 12.8 Å². The lowest BCUT2D eigenvalue weighted by molar-refractivity contribution is -0.160. The van der Waals surface area contributed by atoms with Gasteiger partial charge in [-0.15, -0.1) is 0 Å². The Kier molecular flexibility index (Phi) is 5.77. The molecule has 0 aromatic heterocycles. The minimum absolute atomic E-state index is 0.135. The molecule has 2 heterocycles. The Balaban J connectivity index is 1.62. The fourth-order valence-electron chi connectivity index (χ4n) is 4.09. The molecule has 2 aliphatic rings. The van der Waals surface area contributed by atoms with E-state index < -0.39 is 5.60 Å². The van der Waals surface area contributed by atoms with Crippen molar-refractivity contribution in [3.63, 3.8) is 0 Å². The van der Waals surface area contributed by atoms with Crippen LogP contribution in [-0.2, 0) is 11.3 Å². The molecule has 5 heteroatoms. The molecule has 0 saturated carbocycles. The van der Waals surface area contributed by atoms with Gasteiger partial charge in [-0.3, -0.25) is 9.69 Å². The van der Waals surface area contributed by atoms with Crippen LogP contribution in [0.25, 0.3) is 0 Å². The van der Waals surface area contributed by atoms with E-state index >= 15 is 0 Å². The van der Waals surface area contributed by atoms with Crippen molar-refractivity contribution >= 4 is 5.91 Å². The first kappa shape index (κ1) is 18.4. The first-order valence-electron chi connectivity index (χ1n) is 9.41. The maximum atomic E-state index is 12.9. The Morgan fingerprint density at radius 1 is 1.24 bits per heavy atom. The number of carbonyl (C=O) groups excluding carboxylic acids is 1. The van der Waals surface area contributed by atoms with Crippen molar-refractivity contribution in [2.75, 3.05) is 32.8 Å². The summed E-state index contributed by atoms with van der Waals surface area (Å²) in [7, 11) is 0. The second kappa shape index (κ2) is 7.85. The number of hydrogen-bond donors (Lipinski definition) is 2. The fourth-order valence-corrected chi connectivity index (χ4v) is 4.09. The summed E-state index contributed by atoms with van der Waals surface area (Å²) in [6, 6.07) is 8.19. The van der Waals surface area contributed by atoms with E-state index in [-0.39, 0.29) is 12.5 Å². The molecule has 138 valence electrons. The number of carbonyl (C=O) groups is 1. The molecule has 5 nitrogen and oxygen atoms in total. The summed E-state index contributed by atoms with van der Waals surface area (Å²) in [6.45, 7) is 5.66. The van der Waals surface area contributed by atoms with Gasteiger partial charge in [-0.05, 0) is 57.2 Å². The molecular weight excluding hydrogens is 316 g/mol. The van der Waals surface area contributed by atoms with Gasteiger partial charge in [-0.2, -0.15) is 0 Å². The van der Waals surface area contributed by atoms with Gasteiger partial charge in [-0.1, -0.05) is 29.8 Å². The van der Waals surface area contributed by atoms with Crippen molar-refractivity contribution in [1.29, 1.82) is 0 Å². The summed E-state index contributed by atoms with van der Waals surface area (Å²) in [4.78, 5) is 16.9. The van der Waals surface area contributed by atoms with Gasteiger partial charge in [0.2, 0.25) is 0 Å². The highest BCUT2D eigenvalue weighted by atomic mass is 16.3. The molecule has 2 N–H and O–H groups in total. The average molecular weight is 346 g/mol. The van der Waals surface area contributed by atoms with E-state index in [0.717, 1.165) is 37.9 Å². The molecular formula is C20H30N2O3. The van der Waals surface area contributed by atoms with E-state index in [0.29, 0.717) is 32.0 Å². The Morgan fingerprint density at radius 2 is 2.00 bits per heavy atom. The summed E-state index contributed by atoms with van der Waals surface area (Å²) >= 11 is 0. The van der Waals surface area contributed by atoms with Crippen molar-refractivity contribution in [3.05, 3.63) is 35.4 Å². The Labute approximate surface area is 150 Å². The zero-order valence-electron chi connectivity index (χ0n) is 15.2. The quantitative estimate of drug-likeness (QED) is 0.849. The maximum absolute atomic E-state index is 12.9. The molecule has 1 atom stereocenters. The fraction of sp³-hybridized carbons (Fsp3) is 0.650. The number of nitrogens with zero attached hydrogens (tertiary/aromatic N) is 2. The molecule has 0 bridgehead atoms. The molecule has 25 heavy (non-hydrogen) atoms. The number of aryl methyl sites for hydroxylation is 1. The molecule has 1 amide bonds. The minimum atomic E-state index is -1.27. The zero-order valence-corrected chi connectivity index (χ0v) is 15.2. The summed E-state index contributed by atoms with van der Waals surface area (Å²) in [5.74, 6) is 0.232. The Hall–Kier alpha value is -1.43. The van der Waals surface area contributed by atoms with E-state index in [1.54, 1.807) is 4.90 Å². The van der Waals surface area contributed by atoms with Crippen LogP contribution < -0.4 is 0 Å². The zero-order chi connectivity index (χ0) is 17.9. The summed E-state index contributed by atoms with van der Waals surface area (Å²) in [6.07, 6.45) is 3.25. The molecule has 0 aliphatic carbocycles. The van der Waals surface area contributed by atoms with E-state index in [2.05, 4.69) is 11.0 Å². The van der Waals surface area contributed by atoms with Crippen LogP contribution in [-0.4, -0.2) is 64.3 Å². The van der Waals surface area contributed by atoms with Gasteiger partial charge >= 0.3 is 0 Å². The second-order valence-corrected chi connectivity index (χ2v) is 7.75. The van der Waals surface area contributed by atoms with Gasteiger partial charge in [0.1, 0.15) is 0 Å². The molecule has 0 unspecified atom stereocenters. The molecule has 2 aliphatic heterocycles. The van der Waals surface area contributed by atoms with Crippen molar-refractivity contribution in [1.82, 2.24) is 9.80 Å². The predicted octanol–water partition coefficient (Wildman–Crippen LogP) is 1.55. The van der Waals surface area contributed by atoms with Crippen LogP contribution in [0.2, 0.25) is 0 Å². The highest BCUT2D eigenvalue weighted by Gasteiger charge is 2.43. The number of hydrogen-bond acceptors (Lipinski definition) is 4. The lowest BCUT2D eigenvalue weighted by Crippen LogP contribution is -2.59. The summed E-state index contributed by atoms with van der Waals surface area (Å²) in [5.41, 5.74) is 1.03. The lowest BCUT2D eigenvalue weighted by atomic mass is 9.89. The van der Waals surface area contributed by atoms with Gasteiger partial charge in [0, 0.05) is 26.2 Å². The van der Waals surface area contributed by atoms with Crippen LogP contribution in [0.1, 0.15) is 36.8 Å². The number of piperidine rings is 2. The molecule has 2 fully saturated rings. The van der Waals surface area contributed by atoms with Gasteiger partial charge in [-0.25, -0.2) is 0 Å². The monoisotopic (exact) mass is 346 g/mol. The van der Waals surface area contributed by atoms with Crippen molar-refractivity contribution < 1.29 is 15.0 Å². The highest BCUT2D eigenvalue weighted by molar-refractivity contribution is 5.86. The topological polar surface area (TPSA) is 64.0 Å². The first-order chi connectivity index (χ1) is 12.0. The Bertz CT molecular complexity index is 598. The van der Waals surface area contributed by atoms with E-state index in [1.165, 1.54) is 5.56 Å². The van der Waals surface area contributed by atoms with Gasteiger partial charge < -0.3 is 15.1 Å². The third-order valence-electron chi connectivity index (χ3n) is 5.61. The molecule has 0 radical (unpaired) electrons. The third kappa shape index (κ3) is 4.40. The SMILES string of the molecule is Cc1cccc(CN2CCC[C@@](O)(CN3CCC(CO)CC3)C2=O)c1. The normalized spacial score (nSPS) is 26.2. The largest absolute Gasteiger partial charge is 0.396 e. The summed E-state index contributed by atoms with van der Waals surface area (Å²) in [5, 5.41) is 20.3. The average Bonchev–Trinajstić information content (AvgIpc) is 2.60. The Morgan fingerprint density at radius 3 is 2.68 bits per heavy atom. The third-order valence-corrected chi connectivity index (χ3v) is 5.61. The van der Waals surface area contributed by atoms with E-state index in [1.807, 2.05) is 25.1 Å². The maximum Gasteiger partial charge on any atom is 0.256 e. The first-order valence-corrected chi connectivity index (χ1v) is 9.41. The van der Waals surface area contributed by atoms with Crippen LogP contribution in [0.5, 0.6) is 0 Å².